The zero-order valence-corrected chi connectivity index (χ0v) is 13.6. The van der Waals surface area contributed by atoms with Gasteiger partial charge in [-0.25, -0.2) is 0 Å². The van der Waals surface area contributed by atoms with Gasteiger partial charge in [0.15, 0.2) is 0 Å². The maximum Gasteiger partial charge on any atom is 0.237 e. The summed E-state index contributed by atoms with van der Waals surface area (Å²) in [5, 5.41) is 0. The molecule has 0 saturated heterocycles. The minimum atomic E-state index is -0.516. The summed E-state index contributed by atoms with van der Waals surface area (Å²) in [6.07, 6.45) is 2.09. The van der Waals surface area contributed by atoms with E-state index in [0.717, 1.165) is 30.6 Å². The number of hydrogen-bond donors (Lipinski definition) is 0. The molecule has 2 aromatic carbocycles. The van der Waals surface area contributed by atoms with Crippen molar-refractivity contribution < 1.29 is 4.79 Å². The number of benzene rings is 2. The number of fused-ring (bicyclic) bond motifs is 1. The van der Waals surface area contributed by atoms with Crippen LogP contribution in [0.25, 0.3) is 0 Å². The van der Waals surface area contributed by atoms with E-state index in [9.17, 15) is 4.79 Å². The predicted octanol–water partition coefficient (Wildman–Crippen LogP) is 4.25. The molecular formula is C20H23NO. The number of rotatable bonds is 2. The van der Waals surface area contributed by atoms with E-state index in [1.54, 1.807) is 0 Å². The molecule has 1 aliphatic rings. The van der Waals surface area contributed by atoms with Gasteiger partial charge in [-0.3, -0.25) is 4.79 Å². The van der Waals surface area contributed by atoms with Crippen LogP contribution in [0.1, 0.15) is 37.0 Å². The summed E-state index contributed by atoms with van der Waals surface area (Å²) < 4.78 is 0. The Morgan fingerprint density at radius 1 is 1.05 bits per heavy atom. The molecule has 0 N–H and O–H groups in total. The summed E-state index contributed by atoms with van der Waals surface area (Å²) in [4.78, 5) is 15.2. The first-order valence-electron chi connectivity index (χ1n) is 7.97. The summed E-state index contributed by atoms with van der Waals surface area (Å²) in [6.45, 7) is 6.93. The zero-order chi connectivity index (χ0) is 15.7. The van der Waals surface area contributed by atoms with E-state index >= 15 is 0 Å². The Morgan fingerprint density at radius 2 is 1.73 bits per heavy atom. The van der Waals surface area contributed by atoms with Crippen LogP contribution in [-0.2, 0) is 16.6 Å². The van der Waals surface area contributed by atoms with Crippen LogP contribution >= 0.6 is 0 Å². The highest BCUT2D eigenvalue weighted by Gasteiger charge is 2.35. The Balaban J connectivity index is 1.95. The Bertz CT molecular complexity index is 685. The topological polar surface area (TPSA) is 20.3 Å². The number of hydrogen-bond acceptors (Lipinski definition) is 1. The van der Waals surface area contributed by atoms with Crippen molar-refractivity contribution in [3.63, 3.8) is 0 Å². The fourth-order valence-corrected chi connectivity index (χ4v) is 3.18. The van der Waals surface area contributed by atoms with E-state index in [4.69, 9.17) is 0 Å². The number of carbonyl (C=O) groups excluding carboxylic acids is 1. The summed E-state index contributed by atoms with van der Waals surface area (Å²) in [7, 11) is 0. The molecule has 1 aliphatic heterocycles. The molecule has 0 unspecified atom stereocenters. The lowest BCUT2D eigenvalue weighted by Gasteiger charge is -2.36. The normalized spacial score (nSPS) is 14.6. The van der Waals surface area contributed by atoms with Crippen LogP contribution in [0.5, 0.6) is 0 Å². The van der Waals surface area contributed by atoms with Gasteiger partial charge in [0.25, 0.3) is 0 Å². The van der Waals surface area contributed by atoms with Gasteiger partial charge in [0.2, 0.25) is 5.91 Å². The molecule has 0 spiro atoms. The van der Waals surface area contributed by atoms with Gasteiger partial charge in [-0.05, 0) is 50.8 Å². The molecule has 0 aromatic heterocycles. The second-order valence-corrected chi connectivity index (χ2v) is 6.68. The van der Waals surface area contributed by atoms with Crippen molar-refractivity contribution in [1.82, 2.24) is 0 Å². The minimum Gasteiger partial charge on any atom is -0.311 e. The molecular weight excluding hydrogens is 270 g/mol. The van der Waals surface area contributed by atoms with Gasteiger partial charge in [-0.15, -0.1) is 0 Å². The van der Waals surface area contributed by atoms with Gasteiger partial charge in [0, 0.05) is 12.2 Å². The number of anilines is 1. The second-order valence-electron chi connectivity index (χ2n) is 6.68. The van der Waals surface area contributed by atoms with Crippen molar-refractivity contribution in [3.8, 4) is 0 Å². The molecule has 0 fully saturated rings. The first kappa shape index (κ1) is 14.8. The van der Waals surface area contributed by atoms with Gasteiger partial charge >= 0.3 is 0 Å². The van der Waals surface area contributed by atoms with Crippen molar-refractivity contribution in [2.45, 2.75) is 39.0 Å². The van der Waals surface area contributed by atoms with Crippen LogP contribution < -0.4 is 4.90 Å². The van der Waals surface area contributed by atoms with Crippen LogP contribution in [-0.4, -0.2) is 12.5 Å². The highest BCUT2D eigenvalue weighted by molar-refractivity contribution is 6.01. The first-order valence-corrected chi connectivity index (χ1v) is 7.97. The summed E-state index contributed by atoms with van der Waals surface area (Å²) in [5.41, 5.74) is 4.14. The third kappa shape index (κ3) is 2.54. The van der Waals surface area contributed by atoms with Crippen LogP contribution in [0, 0.1) is 6.92 Å². The molecule has 1 amide bonds. The maximum absolute atomic E-state index is 13.2. The largest absolute Gasteiger partial charge is 0.311 e. The van der Waals surface area contributed by atoms with Crippen LogP contribution in [0.4, 0.5) is 5.69 Å². The van der Waals surface area contributed by atoms with Crippen LogP contribution in [0.2, 0.25) is 0 Å². The van der Waals surface area contributed by atoms with Gasteiger partial charge in [-0.2, -0.15) is 0 Å². The monoisotopic (exact) mass is 293 g/mol. The quantitative estimate of drug-likeness (QED) is 0.810. The number of nitrogens with zero attached hydrogens (tertiary/aromatic N) is 1. The van der Waals surface area contributed by atoms with Crippen molar-refractivity contribution in [2.75, 3.05) is 11.4 Å². The molecule has 0 aliphatic carbocycles. The number of para-hydroxylation sites is 1. The van der Waals surface area contributed by atoms with Crippen LogP contribution in [0.3, 0.4) is 0 Å². The lowest BCUT2D eigenvalue weighted by atomic mass is 9.82. The van der Waals surface area contributed by atoms with Gasteiger partial charge in [0.1, 0.15) is 0 Å². The van der Waals surface area contributed by atoms with E-state index in [-0.39, 0.29) is 5.91 Å². The predicted molar refractivity (Wildman–Crippen MR) is 91.3 cm³/mol. The van der Waals surface area contributed by atoms with E-state index in [2.05, 4.69) is 49.4 Å². The average Bonchev–Trinajstić information content (AvgIpc) is 2.54. The lowest BCUT2D eigenvalue weighted by Crippen LogP contribution is -2.45. The highest BCUT2D eigenvalue weighted by atomic mass is 16.2. The third-order valence-corrected chi connectivity index (χ3v) is 4.66. The van der Waals surface area contributed by atoms with E-state index in [0.29, 0.717) is 0 Å². The number of aryl methyl sites for hydroxylation is 2. The summed E-state index contributed by atoms with van der Waals surface area (Å²) >= 11 is 0. The van der Waals surface area contributed by atoms with E-state index < -0.39 is 5.41 Å². The Morgan fingerprint density at radius 3 is 2.45 bits per heavy atom. The maximum atomic E-state index is 13.2. The Hall–Kier alpha value is -2.09. The second kappa shape index (κ2) is 5.60. The molecule has 0 atom stereocenters. The Labute approximate surface area is 132 Å². The molecule has 114 valence electrons. The first-order chi connectivity index (χ1) is 10.5. The highest BCUT2D eigenvalue weighted by Crippen LogP contribution is 2.33. The summed E-state index contributed by atoms with van der Waals surface area (Å²) in [5.74, 6) is 0.184. The molecule has 22 heavy (non-hydrogen) atoms. The Kier molecular flexibility index (Phi) is 3.78. The lowest BCUT2D eigenvalue weighted by molar-refractivity contribution is -0.123. The SMILES string of the molecule is Cc1ccc(C(C)(C)C(=O)N2CCCc3ccccc32)cc1. The van der Waals surface area contributed by atoms with Gasteiger partial charge in [0.05, 0.1) is 5.41 Å². The third-order valence-electron chi connectivity index (χ3n) is 4.66. The fourth-order valence-electron chi connectivity index (χ4n) is 3.18. The van der Waals surface area contributed by atoms with Gasteiger partial charge < -0.3 is 4.90 Å². The molecule has 0 radical (unpaired) electrons. The standard InChI is InChI=1S/C20H23NO/c1-15-10-12-17(13-11-15)20(2,3)19(22)21-14-6-8-16-7-4-5-9-18(16)21/h4-5,7,9-13H,6,8,14H2,1-3H3. The van der Waals surface area contributed by atoms with Gasteiger partial charge in [-0.1, -0.05) is 48.0 Å². The molecule has 2 nitrogen and oxygen atoms in total. The molecule has 1 heterocycles. The molecule has 0 bridgehead atoms. The molecule has 2 heteroatoms. The molecule has 3 rings (SSSR count). The van der Waals surface area contributed by atoms with Crippen LogP contribution in [0.15, 0.2) is 48.5 Å². The zero-order valence-electron chi connectivity index (χ0n) is 13.6. The molecule has 0 saturated carbocycles. The number of carbonyl (C=O) groups is 1. The summed E-state index contributed by atoms with van der Waals surface area (Å²) in [6, 6.07) is 16.6. The van der Waals surface area contributed by atoms with Crippen molar-refractivity contribution in [1.29, 1.82) is 0 Å². The van der Waals surface area contributed by atoms with E-state index in [1.807, 2.05) is 24.8 Å². The van der Waals surface area contributed by atoms with Crippen molar-refractivity contribution in [2.24, 2.45) is 0 Å². The van der Waals surface area contributed by atoms with Crippen molar-refractivity contribution in [3.05, 3.63) is 65.2 Å². The minimum absolute atomic E-state index is 0.184. The smallest absolute Gasteiger partial charge is 0.237 e. The number of amides is 1. The molecule has 2 aromatic rings. The van der Waals surface area contributed by atoms with Crippen molar-refractivity contribution >= 4 is 11.6 Å². The fraction of sp³-hybridized carbons (Fsp3) is 0.350. The van der Waals surface area contributed by atoms with E-state index in [1.165, 1.54) is 11.1 Å². The average molecular weight is 293 g/mol.